The standard InChI is InChI=1S/C23H12F4N6O/c24-18-4-2-1-3-17(18)22-30-19-10-29-33(12-20(19)31-22)11-15-8-21(34-32-15)16-6-5-14(23(25,26)27)7-13(16)9-28/h1-8,10,12H,11H2/p+1. The first-order valence-corrected chi connectivity index (χ1v) is 9.89. The van der Waals surface area contributed by atoms with Crippen molar-refractivity contribution in [3.05, 3.63) is 83.6 Å². The van der Waals surface area contributed by atoms with Crippen LogP contribution in [0.3, 0.4) is 0 Å². The van der Waals surface area contributed by atoms with E-state index in [0.717, 1.165) is 12.1 Å². The number of nitriles is 1. The zero-order valence-corrected chi connectivity index (χ0v) is 17.1. The first-order chi connectivity index (χ1) is 16.3. The van der Waals surface area contributed by atoms with Crippen molar-refractivity contribution < 1.29 is 26.8 Å². The van der Waals surface area contributed by atoms with Crippen LogP contribution in [0.15, 0.2) is 65.4 Å². The van der Waals surface area contributed by atoms with Crippen LogP contribution in [0.25, 0.3) is 33.7 Å². The molecule has 3 heterocycles. The quantitative estimate of drug-likeness (QED) is 0.308. The Bertz CT molecular complexity index is 1560. The van der Waals surface area contributed by atoms with Gasteiger partial charge in [0.1, 0.15) is 28.9 Å². The molecule has 2 aromatic carbocycles. The zero-order valence-electron chi connectivity index (χ0n) is 17.1. The molecule has 0 unspecified atom stereocenters. The van der Waals surface area contributed by atoms with E-state index in [1.807, 2.05) is 0 Å². The molecule has 0 saturated carbocycles. The smallest absolute Gasteiger partial charge is 0.356 e. The lowest BCUT2D eigenvalue weighted by atomic mass is 10.0. The van der Waals surface area contributed by atoms with Gasteiger partial charge in [0.2, 0.25) is 12.7 Å². The molecule has 34 heavy (non-hydrogen) atoms. The number of hydrogen-bond acceptors (Lipinski definition) is 5. The lowest BCUT2D eigenvalue weighted by Crippen LogP contribution is -2.38. The highest BCUT2D eigenvalue weighted by molar-refractivity contribution is 5.77. The van der Waals surface area contributed by atoms with E-state index in [9.17, 15) is 22.8 Å². The Morgan fingerprint density at radius 2 is 1.91 bits per heavy atom. The van der Waals surface area contributed by atoms with Gasteiger partial charge >= 0.3 is 6.18 Å². The maximum absolute atomic E-state index is 14.1. The number of fused-ring (bicyclic) bond motifs is 1. The Kier molecular flexibility index (Phi) is 5.05. The molecular weight excluding hydrogens is 452 g/mol. The summed E-state index contributed by atoms with van der Waals surface area (Å²) >= 11 is 0. The molecular formula is C23H13F4N6O+. The van der Waals surface area contributed by atoms with Gasteiger partial charge in [-0.15, -0.1) is 0 Å². The lowest BCUT2D eigenvalue weighted by Gasteiger charge is -2.08. The number of imidazole rings is 1. The molecule has 3 aromatic heterocycles. The van der Waals surface area contributed by atoms with Crippen LogP contribution in [-0.2, 0) is 12.7 Å². The molecule has 0 spiro atoms. The first-order valence-electron chi connectivity index (χ1n) is 9.89. The lowest BCUT2D eigenvalue weighted by molar-refractivity contribution is -0.745. The summed E-state index contributed by atoms with van der Waals surface area (Å²) < 4.78 is 59.7. The molecule has 0 aliphatic heterocycles. The average molecular weight is 465 g/mol. The topological polar surface area (TPSA) is 95.3 Å². The van der Waals surface area contributed by atoms with Gasteiger partial charge in [0, 0.05) is 11.6 Å². The molecule has 11 heteroatoms. The summed E-state index contributed by atoms with van der Waals surface area (Å²) in [4.78, 5) is 7.42. The fraction of sp³-hybridized carbons (Fsp3) is 0.0870. The van der Waals surface area contributed by atoms with Gasteiger partial charge in [-0.2, -0.15) is 18.4 Å². The van der Waals surface area contributed by atoms with Crippen LogP contribution in [0, 0.1) is 17.1 Å². The zero-order chi connectivity index (χ0) is 23.9. The molecule has 0 atom stereocenters. The summed E-state index contributed by atoms with van der Waals surface area (Å²) in [6.07, 6.45) is -1.38. The van der Waals surface area contributed by atoms with E-state index in [1.54, 1.807) is 35.1 Å². The van der Waals surface area contributed by atoms with Crippen LogP contribution >= 0.6 is 0 Å². The molecule has 0 amide bonds. The van der Waals surface area contributed by atoms with Gasteiger partial charge in [0.15, 0.2) is 11.5 Å². The van der Waals surface area contributed by atoms with E-state index in [-0.39, 0.29) is 23.4 Å². The minimum atomic E-state index is -4.56. The summed E-state index contributed by atoms with van der Waals surface area (Å²) in [5, 5.41) is 17.5. The minimum absolute atomic E-state index is 0.158. The Hall–Kier alpha value is -4.59. The van der Waals surface area contributed by atoms with Crippen molar-refractivity contribution in [3.8, 4) is 28.8 Å². The predicted molar refractivity (Wildman–Crippen MR) is 110 cm³/mol. The van der Waals surface area contributed by atoms with Crippen LogP contribution in [0.1, 0.15) is 16.8 Å². The SMILES string of the molecule is N#Cc1cc(C(F)(F)F)ccc1-c1cc(C[n+]2cc3[nH]c(-c4ccccc4F)nc3cn2)no1. The normalized spacial score (nSPS) is 11.6. The summed E-state index contributed by atoms with van der Waals surface area (Å²) in [5.41, 5.74) is 1.02. The molecule has 5 aromatic rings. The highest BCUT2D eigenvalue weighted by atomic mass is 19.4. The van der Waals surface area contributed by atoms with Crippen LogP contribution < -0.4 is 4.68 Å². The Balaban J connectivity index is 1.41. The summed E-state index contributed by atoms with van der Waals surface area (Å²) in [5.74, 6) is 0.116. The van der Waals surface area contributed by atoms with E-state index in [0.29, 0.717) is 28.1 Å². The second-order valence-electron chi connectivity index (χ2n) is 7.39. The molecule has 0 fully saturated rings. The summed E-state index contributed by atoms with van der Waals surface area (Å²) in [7, 11) is 0. The van der Waals surface area contributed by atoms with E-state index in [1.165, 1.54) is 24.4 Å². The predicted octanol–water partition coefficient (Wildman–Crippen LogP) is 4.65. The van der Waals surface area contributed by atoms with Crippen molar-refractivity contribution in [2.75, 3.05) is 0 Å². The maximum Gasteiger partial charge on any atom is 0.416 e. The highest BCUT2D eigenvalue weighted by Crippen LogP contribution is 2.33. The van der Waals surface area contributed by atoms with Gasteiger partial charge in [-0.3, -0.25) is 0 Å². The van der Waals surface area contributed by atoms with Crippen molar-refractivity contribution >= 4 is 11.0 Å². The van der Waals surface area contributed by atoms with Gasteiger partial charge in [0.05, 0.1) is 22.8 Å². The number of alkyl halides is 3. The number of rotatable bonds is 4. The number of aromatic amines is 1. The molecule has 0 saturated heterocycles. The molecule has 0 radical (unpaired) electrons. The largest absolute Gasteiger partial charge is 0.416 e. The van der Waals surface area contributed by atoms with Crippen LogP contribution in [0.4, 0.5) is 17.6 Å². The van der Waals surface area contributed by atoms with Crippen molar-refractivity contribution in [2.24, 2.45) is 0 Å². The highest BCUT2D eigenvalue weighted by Gasteiger charge is 2.31. The second kappa shape index (κ2) is 8.08. The maximum atomic E-state index is 14.1. The molecule has 168 valence electrons. The van der Waals surface area contributed by atoms with Crippen molar-refractivity contribution in [1.82, 2.24) is 20.2 Å². The van der Waals surface area contributed by atoms with Crippen LogP contribution in [-0.4, -0.2) is 20.2 Å². The van der Waals surface area contributed by atoms with Crippen LogP contribution in [0.5, 0.6) is 0 Å². The molecule has 0 aliphatic rings. The molecule has 0 bridgehead atoms. The summed E-state index contributed by atoms with van der Waals surface area (Å²) in [6, 6.07) is 12.4. The van der Waals surface area contributed by atoms with E-state index < -0.39 is 17.6 Å². The number of aromatic nitrogens is 5. The molecule has 0 aliphatic carbocycles. The Morgan fingerprint density at radius 3 is 2.68 bits per heavy atom. The monoisotopic (exact) mass is 465 g/mol. The van der Waals surface area contributed by atoms with Crippen molar-refractivity contribution in [2.45, 2.75) is 12.7 Å². The van der Waals surface area contributed by atoms with E-state index >= 15 is 0 Å². The molecule has 5 rings (SSSR count). The van der Waals surface area contributed by atoms with Crippen molar-refractivity contribution in [1.29, 1.82) is 5.26 Å². The number of hydrogen-bond donors (Lipinski definition) is 1. The van der Waals surface area contributed by atoms with Gasteiger partial charge < -0.3 is 9.51 Å². The van der Waals surface area contributed by atoms with Crippen molar-refractivity contribution in [3.63, 3.8) is 0 Å². The number of halogens is 4. The first kappa shape index (κ1) is 21.3. The number of nitrogens with one attached hydrogen (secondary N) is 1. The van der Waals surface area contributed by atoms with Gasteiger partial charge in [0.25, 0.3) is 0 Å². The molecule has 7 nitrogen and oxygen atoms in total. The second-order valence-corrected chi connectivity index (χ2v) is 7.39. The van der Waals surface area contributed by atoms with Gasteiger partial charge in [-0.1, -0.05) is 22.0 Å². The fourth-order valence-corrected chi connectivity index (χ4v) is 3.48. The third kappa shape index (κ3) is 3.97. The van der Waals surface area contributed by atoms with Gasteiger partial charge in [-0.25, -0.2) is 9.37 Å². The van der Waals surface area contributed by atoms with E-state index in [2.05, 4.69) is 20.2 Å². The van der Waals surface area contributed by atoms with E-state index in [4.69, 9.17) is 4.52 Å². The van der Waals surface area contributed by atoms with Crippen LogP contribution in [0.2, 0.25) is 0 Å². The third-order valence-corrected chi connectivity index (χ3v) is 5.11. The Morgan fingerprint density at radius 1 is 1.09 bits per heavy atom. The molecule has 1 N–H and O–H groups in total. The minimum Gasteiger partial charge on any atom is -0.356 e. The average Bonchev–Trinajstić information content (AvgIpc) is 3.45. The number of benzene rings is 2. The number of nitrogens with zero attached hydrogens (tertiary/aromatic N) is 5. The Labute approximate surface area is 188 Å². The number of H-pyrrole nitrogens is 1. The third-order valence-electron chi connectivity index (χ3n) is 5.11. The van der Waals surface area contributed by atoms with Gasteiger partial charge in [-0.05, 0) is 35.4 Å². The summed E-state index contributed by atoms with van der Waals surface area (Å²) in [6.45, 7) is 0.177. The fourth-order valence-electron chi connectivity index (χ4n) is 3.48.